The third kappa shape index (κ3) is 16.8. The van der Waals surface area contributed by atoms with Crippen molar-refractivity contribution in [2.75, 3.05) is 0 Å². The number of thiophene rings is 3. The second-order valence-corrected chi connectivity index (χ2v) is 43.0. The molecular weight excluding hydrogens is 1860 g/mol. The lowest BCUT2D eigenvalue weighted by Crippen LogP contribution is -1.91. The summed E-state index contributed by atoms with van der Waals surface area (Å²) in [6.07, 6.45) is 2.82. The molecule has 0 atom stereocenters. The summed E-state index contributed by atoms with van der Waals surface area (Å²) in [5.41, 5.74) is 54.4. The van der Waals surface area contributed by atoms with Crippen LogP contribution in [0.2, 0.25) is 0 Å². The van der Waals surface area contributed by atoms with E-state index in [1.807, 2.05) is 34.0 Å². The number of hydrogen-bond acceptors (Lipinski definition) is 3. The van der Waals surface area contributed by atoms with E-state index in [2.05, 4.69) is 546 Å². The van der Waals surface area contributed by atoms with Crippen LogP contribution < -0.4 is 0 Å². The van der Waals surface area contributed by atoms with Gasteiger partial charge in [-0.1, -0.05) is 455 Å². The molecule has 0 saturated carbocycles. The van der Waals surface area contributed by atoms with E-state index >= 15 is 0 Å². The highest BCUT2D eigenvalue weighted by Gasteiger charge is 2.29. The molecule has 0 nitrogen and oxygen atoms in total. The smallest absolute Gasteiger partial charge is 0.0433 e. The number of benzene rings is 24. The van der Waals surface area contributed by atoms with Gasteiger partial charge < -0.3 is 0 Å². The average Bonchev–Trinajstić information content (AvgIpc) is 1.59. The Morgan fingerprint density at radius 3 is 0.680 bits per heavy atom. The Bertz CT molecular complexity index is 9920. The van der Waals surface area contributed by atoms with Crippen LogP contribution in [0.5, 0.6) is 0 Å². The maximum Gasteiger partial charge on any atom is 0.0433 e. The fraction of sp³-hybridized carbons (Fsp3) is 0.0204. The largest absolute Gasteiger partial charge is 0.135 e. The van der Waals surface area contributed by atoms with Gasteiger partial charge in [-0.15, -0.1) is 34.0 Å². The zero-order chi connectivity index (χ0) is 99.1. The second kappa shape index (κ2) is 38.4. The maximum absolute atomic E-state index is 2.40. The molecule has 27 aromatic rings. The third-order valence-electron chi connectivity index (χ3n) is 31.1. The summed E-state index contributed by atoms with van der Waals surface area (Å²) in [6.45, 7) is 0. The van der Waals surface area contributed by atoms with E-state index in [0.29, 0.717) is 0 Å². The van der Waals surface area contributed by atoms with Gasteiger partial charge >= 0.3 is 0 Å². The van der Waals surface area contributed by atoms with Gasteiger partial charge in [-0.3, -0.25) is 0 Å². The number of rotatable bonds is 15. The monoisotopic (exact) mass is 1960 g/mol. The Morgan fingerprint density at radius 2 is 0.313 bits per heavy atom. The first-order valence-corrected chi connectivity index (χ1v) is 54.3. The number of fused-ring (bicyclic) bond motifs is 18. The van der Waals surface area contributed by atoms with Crippen LogP contribution in [0.4, 0.5) is 0 Å². The van der Waals surface area contributed by atoms with Crippen LogP contribution in [-0.4, -0.2) is 0 Å². The fourth-order valence-electron chi connectivity index (χ4n) is 23.5. The van der Waals surface area contributed by atoms with E-state index in [4.69, 9.17) is 0 Å². The highest BCUT2D eigenvalue weighted by Crippen LogP contribution is 2.52. The molecule has 0 unspecified atom stereocenters. The Kier molecular flexibility index (Phi) is 22.9. The van der Waals surface area contributed by atoms with Gasteiger partial charge in [0.15, 0.2) is 0 Å². The molecule has 3 heterocycles. The standard InChI is InChI=1S/3C49H32S/c1-2-10-32(11-3-1)33-22-24-34(25-23-33)35-12-6-14-38(28-35)40-17-8-19-42-43-20-9-18-41(46(43)31-45(40)42)39-15-7-13-36(29-39)37-26-27-49-47(30-37)44-16-4-5-21-48(44)50-49;1-2-10-32(11-3-1)33-22-24-34(25-23-33)35-12-6-13-36(28-35)37-26-27-40-31-47-41(17-8-19-43(47)46(40)30-37)38-14-7-15-39(29-38)42-18-9-20-45-44-16-4-5-21-48(44)50-49(42)45;1-2-9-32(10-3-1)33-19-21-34(22-20-33)35-11-6-12-36(27-35)38-23-24-41-31-46-42(16-8-17-43(46)45(41)29-38)40-14-7-13-37(28-40)39-25-26-49-47(30-39)44-15-4-5-18-48(44)50-49/h3*1-30H,31H2. The summed E-state index contributed by atoms with van der Waals surface area (Å²) < 4.78 is 8.07. The average molecular weight is 1960 g/mol. The summed E-state index contributed by atoms with van der Waals surface area (Å²) >= 11 is 5.64. The van der Waals surface area contributed by atoms with E-state index in [1.165, 1.54) is 294 Å². The zero-order valence-corrected chi connectivity index (χ0v) is 84.8. The van der Waals surface area contributed by atoms with Crippen molar-refractivity contribution in [1.29, 1.82) is 0 Å². The van der Waals surface area contributed by atoms with E-state index < -0.39 is 0 Å². The van der Waals surface area contributed by atoms with Crippen LogP contribution in [0.1, 0.15) is 33.4 Å². The maximum atomic E-state index is 2.40. The minimum atomic E-state index is 0.921. The third-order valence-corrected chi connectivity index (χ3v) is 34.6. The molecule has 0 bridgehead atoms. The summed E-state index contributed by atoms with van der Waals surface area (Å²) in [5.74, 6) is 0. The number of hydrogen-bond donors (Lipinski definition) is 0. The van der Waals surface area contributed by atoms with Crippen molar-refractivity contribution in [1.82, 2.24) is 0 Å². The molecule has 30 rings (SSSR count). The van der Waals surface area contributed by atoms with Crippen molar-refractivity contribution in [3.05, 3.63) is 579 Å². The van der Waals surface area contributed by atoms with Gasteiger partial charge in [0.1, 0.15) is 0 Å². The van der Waals surface area contributed by atoms with Crippen molar-refractivity contribution in [2.24, 2.45) is 0 Å². The predicted molar refractivity (Wildman–Crippen MR) is 644 cm³/mol. The van der Waals surface area contributed by atoms with E-state index in [9.17, 15) is 0 Å². The molecular formula is C147H96S3. The molecule has 0 aliphatic heterocycles. The van der Waals surface area contributed by atoms with Crippen molar-refractivity contribution < 1.29 is 0 Å². The first-order chi connectivity index (χ1) is 74.3. The molecule has 3 aliphatic rings. The summed E-state index contributed by atoms with van der Waals surface area (Å²) in [7, 11) is 0. The molecule has 0 amide bonds. The van der Waals surface area contributed by atoms with Gasteiger partial charge in [0.2, 0.25) is 0 Å². The lowest BCUT2D eigenvalue weighted by Gasteiger charge is -2.12. The molecule has 0 N–H and O–H groups in total. The van der Waals surface area contributed by atoms with Crippen LogP contribution >= 0.6 is 34.0 Å². The minimum absolute atomic E-state index is 0.921. The molecule has 702 valence electrons. The molecule has 0 saturated heterocycles. The zero-order valence-electron chi connectivity index (χ0n) is 82.3. The molecule has 3 aromatic heterocycles. The molecule has 0 fully saturated rings. The lowest BCUT2D eigenvalue weighted by atomic mass is 9.92. The molecule has 3 aliphatic carbocycles. The van der Waals surface area contributed by atoms with E-state index in [0.717, 1.165) is 19.3 Å². The van der Waals surface area contributed by atoms with Crippen LogP contribution in [0.15, 0.2) is 546 Å². The van der Waals surface area contributed by atoms with Crippen molar-refractivity contribution in [3.8, 4) is 200 Å². The Morgan fingerprint density at radius 1 is 0.107 bits per heavy atom. The first kappa shape index (κ1) is 89.5. The van der Waals surface area contributed by atoms with Crippen molar-refractivity contribution >= 4 is 94.5 Å². The summed E-state index contributed by atoms with van der Waals surface area (Å²) in [5, 5.41) is 8.04. The van der Waals surface area contributed by atoms with Crippen LogP contribution in [0, 0.1) is 0 Å². The minimum Gasteiger partial charge on any atom is -0.135 e. The summed E-state index contributed by atoms with van der Waals surface area (Å²) in [6, 6.07) is 201. The quantitative estimate of drug-likeness (QED) is 0.0960. The topological polar surface area (TPSA) is 0 Å². The lowest BCUT2D eigenvalue weighted by molar-refractivity contribution is 1.26. The molecule has 24 aromatic carbocycles. The van der Waals surface area contributed by atoms with Gasteiger partial charge in [0.25, 0.3) is 0 Å². The molecule has 0 radical (unpaired) electrons. The Hall–Kier alpha value is -18.1. The van der Waals surface area contributed by atoms with Gasteiger partial charge in [0.05, 0.1) is 0 Å². The fourth-order valence-corrected chi connectivity index (χ4v) is 26.9. The van der Waals surface area contributed by atoms with E-state index in [1.54, 1.807) is 0 Å². The van der Waals surface area contributed by atoms with Crippen molar-refractivity contribution in [2.45, 2.75) is 19.3 Å². The Balaban J connectivity index is 0.000000108. The van der Waals surface area contributed by atoms with Crippen LogP contribution in [0.3, 0.4) is 0 Å². The first-order valence-electron chi connectivity index (χ1n) is 51.9. The van der Waals surface area contributed by atoms with E-state index in [-0.39, 0.29) is 0 Å². The van der Waals surface area contributed by atoms with Crippen LogP contribution in [0.25, 0.3) is 261 Å². The van der Waals surface area contributed by atoms with Crippen LogP contribution in [-0.2, 0) is 19.3 Å². The van der Waals surface area contributed by atoms with Crippen molar-refractivity contribution in [3.63, 3.8) is 0 Å². The molecule has 150 heavy (non-hydrogen) atoms. The highest BCUT2D eigenvalue weighted by molar-refractivity contribution is 7.27. The SMILES string of the molecule is c1ccc(-c2ccc(-c3cccc(-c4ccc5c(c4)-c4cccc(-c6cccc(-c7ccc8sc9ccccc9c8c7)c6)c4C5)c3)cc2)cc1.c1ccc(-c2ccc(-c3cccc(-c4ccc5c(c4)-c4cccc(-c6cccc(-c7cccc8c7sc7ccccc78)c6)c4C5)c3)cc2)cc1.c1ccc(-c2ccc(-c3cccc(-c4cccc5c4Cc4c(-c6cccc(-c7ccc8sc9ccccc9c8c7)c6)cccc4-5)c3)cc2)cc1. The van der Waals surface area contributed by atoms with Gasteiger partial charge in [-0.2, -0.15) is 0 Å². The molecule has 0 spiro atoms. The second-order valence-electron chi connectivity index (χ2n) is 39.8. The molecule has 3 heteroatoms. The highest BCUT2D eigenvalue weighted by atomic mass is 32.1. The summed E-state index contributed by atoms with van der Waals surface area (Å²) in [4.78, 5) is 0. The predicted octanol–water partition coefficient (Wildman–Crippen LogP) is 41.9. The Labute approximate surface area is 886 Å². The van der Waals surface area contributed by atoms with Gasteiger partial charge in [0, 0.05) is 60.5 Å². The normalized spacial score (nSPS) is 11.9. The van der Waals surface area contributed by atoms with Gasteiger partial charge in [-0.05, 0) is 344 Å². The van der Waals surface area contributed by atoms with Gasteiger partial charge in [-0.25, -0.2) is 0 Å².